The number of alkyl halides is 3. The van der Waals surface area contributed by atoms with E-state index in [1.54, 1.807) is 13.8 Å². The van der Waals surface area contributed by atoms with Gasteiger partial charge in [-0.25, -0.2) is 0 Å². The number of oxime groups is 1. The van der Waals surface area contributed by atoms with Crippen LogP contribution in [0.3, 0.4) is 0 Å². The first kappa shape index (κ1) is 15.6. The van der Waals surface area contributed by atoms with Gasteiger partial charge in [0.15, 0.2) is 5.84 Å². The maximum Gasteiger partial charge on any atom is 0.406 e. The van der Waals surface area contributed by atoms with Crippen molar-refractivity contribution in [3.05, 3.63) is 0 Å². The van der Waals surface area contributed by atoms with Crippen molar-refractivity contribution in [2.24, 2.45) is 22.7 Å². The number of amidine groups is 1. The lowest BCUT2D eigenvalue weighted by atomic mass is 9.93. The Labute approximate surface area is 109 Å². The minimum atomic E-state index is -4.45. The Morgan fingerprint density at radius 2 is 2.00 bits per heavy atom. The third-order valence-electron chi connectivity index (χ3n) is 2.99. The topological polar surface area (TPSA) is 78.9 Å². The van der Waals surface area contributed by atoms with Gasteiger partial charge in [0.1, 0.15) is 12.5 Å². The molecule has 0 aromatic carbocycles. The van der Waals surface area contributed by atoms with E-state index in [0.717, 1.165) is 4.90 Å². The van der Waals surface area contributed by atoms with Gasteiger partial charge in [-0.05, 0) is 18.8 Å². The Balaban J connectivity index is 2.91. The Morgan fingerprint density at radius 1 is 1.47 bits per heavy atom. The lowest BCUT2D eigenvalue weighted by molar-refractivity contribution is -0.164. The summed E-state index contributed by atoms with van der Waals surface area (Å²) in [6.07, 6.45) is -3.34. The number of nitrogens with zero attached hydrogens (tertiary/aromatic N) is 2. The summed E-state index contributed by atoms with van der Waals surface area (Å²) in [5, 5.41) is 11.4. The van der Waals surface area contributed by atoms with Crippen LogP contribution in [0.25, 0.3) is 0 Å². The van der Waals surface area contributed by atoms with Gasteiger partial charge in [-0.2, -0.15) is 13.2 Å². The number of nitrogens with two attached hydrogens (primary N) is 1. The molecule has 8 heteroatoms. The lowest BCUT2D eigenvalue weighted by Crippen LogP contribution is -2.48. The summed E-state index contributed by atoms with van der Waals surface area (Å²) < 4.78 is 37.5. The summed E-state index contributed by atoms with van der Waals surface area (Å²) in [5.41, 5.74) is 5.41. The lowest BCUT2D eigenvalue weighted by Gasteiger charge is -2.29. The van der Waals surface area contributed by atoms with Crippen LogP contribution in [-0.4, -0.2) is 40.6 Å². The van der Waals surface area contributed by atoms with E-state index in [1.807, 2.05) is 0 Å². The largest absolute Gasteiger partial charge is 0.409 e. The monoisotopic (exact) mass is 281 g/mol. The van der Waals surface area contributed by atoms with Crippen molar-refractivity contribution < 1.29 is 23.2 Å². The van der Waals surface area contributed by atoms with Crippen LogP contribution in [-0.2, 0) is 4.79 Å². The first-order valence-corrected chi connectivity index (χ1v) is 6.02. The number of carbonyl (C=O) groups is 1. The van der Waals surface area contributed by atoms with Gasteiger partial charge >= 0.3 is 6.18 Å². The molecule has 0 aliphatic heterocycles. The molecule has 0 aromatic rings. The molecule has 0 spiro atoms. The Kier molecular flexibility index (Phi) is 4.65. The third kappa shape index (κ3) is 4.29. The number of hydrogen-bond donors (Lipinski definition) is 2. The Bertz CT molecular complexity index is 365. The zero-order valence-electron chi connectivity index (χ0n) is 10.8. The Morgan fingerprint density at radius 3 is 2.32 bits per heavy atom. The van der Waals surface area contributed by atoms with Crippen LogP contribution in [0.5, 0.6) is 0 Å². The van der Waals surface area contributed by atoms with Crippen LogP contribution in [0.2, 0.25) is 0 Å². The van der Waals surface area contributed by atoms with Gasteiger partial charge < -0.3 is 15.8 Å². The standard InChI is InChI=1S/C11H18F3N3O2/c1-6(2)8(9(15)16-19)10(18)17(7-3-4-7)5-11(12,13)14/h6-8,19H,3-5H2,1-2H3,(H2,15,16). The summed E-state index contributed by atoms with van der Waals surface area (Å²) in [7, 11) is 0. The number of hydrogen-bond acceptors (Lipinski definition) is 3. The van der Waals surface area contributed by atoms with Crippen molar-refractivity contribution in [3.63, 3.8) is 0 Å². The van der Waals surface area contributed by atoms with Gasteiger partial charge in [0.05, 0.1) is 0 Å². The number of rotatable bonds is 5. The maximum absolute atomic E-state index is 12.5. The van der Waals surface area contributed by atoms with Crippen LogP contribution in [0.1, 0.15) is 26.7 Å². The molecule has 0 heterocycles. The summed E-state index contributed by atoms with van der Waals surface area (Å²) in [6, 6.07) is -0.387. The molecule has 0 saturated heterocycles. The average Bonchev–Trinajstić information content (AvgIpc) is 3.07. The number of carbonyl (C=O) groups excluding carboxylic acids is 1. The molecule has 1 fully saturated rings. The van der Waals surface area contributed by atoms with E-state index in [9.17, 15) is 18.0 Å². The van der Waals surface area contributed by atoms with Crippen molar-refractivity contribution in [1.82, 2.24) is 4.90 Å². The third-order valence-corrected chi connectivity index (χ3v) is 2.99. The van der Waals surface area contributed by atoms with Crippen molar-refractivity contribution in [2.75, 3.05) is 6.54 Å². The van der Waals surface area contributed by atoms with E-state index in [2.05, 4.69) is 5.16 Å². The molecule has 110 valence electrons. The van der Waals surface area contributed by atoms with Gasteiger partial charge in [0.25, 0.3) is 0 Å². The van der Waals surface area contributed by atoms with Crippen molar-refractivity contribution in [3.8, 4) is 0 Å². The predicted molar refractivity (Wildman–Crippen MR) is 62.5 cm³/mol. The molecular weight excluding hydrogens is 263 g/mol. The minimum absolute atomic E-state index is 0.349. The Hall–Kier alpha value is -1.47. The van der Waals surface area contributed by atoms with Gasteiger partial charge in [0.2, 0.25) is 5.91 Å². The fraction of sp³-hybridized carbons (Fsp3) is 0.818. The van der Waals surface area contributed by atoms with E-state index in [4.69, 9.17) is 10.9 Å². The summed E-state index contributed by atoms with van der Waals surface area (Å²) in [4.78, 5) is 13.0. The van der Waals surface area contributed by atoms with E-state index < -0.39 is 24.5 Å². The molecular formula is C11H18F3N3O2. The fourth-order valence-corrected chi connectivity index (χ4v) is 1.96. The number of amides is 1. The van der Waals surface area contributed by atoms with E-state index in [1.165, 1.54) is 0 Å². The van der Waals surface area contributed by atoms with Gasteiger partial charge in [-0.1, -0.05) is 19.0 Å². The fourth-order valence-electron chi connectivity index (χ4n) is 1.96. The second-order valence-electron chi connectivity index (χ2n) is 5.06. The normalized spacial score (nSPS) is 18.5. The van der Waals surface area contributed by atoms with Crippen LogP contribution in [0.15, 0.2) is 5.16 Å². The van der Waals surface area contributed by atoms with E-state index in [0.29, 0.717) is 12.8 Å². The first-order valence-electron chi connectivity index (χ1n) is 6.02. The van der Waals surface area contributed by atoms with Crippen LogP contribution >= 0.6 is 0 Å². The molecule has 5 nitrogen and oxygen atoms in total. The summed E-state index contributed by atoms with van der Waals surface area (Å²) >= 11 is 0. The summed E-state index contributed by atoms with van der Waals surface area (Å²) in [5.74, 6) is -2.47. The molecule has 1 unspecified atom stereocenters. The molecule has 1 aliphatic carbocycles. The zero-order chi connectivity index (χ0) is 14.8. The predicted octanol–water partition coefficient (Wildman–Crippen LogP) is 1.56. The molecule has 0 aromatic heterocycles. The van der Waals surface area contributed by atoms with Crippen molar-refractivity contribution in [2.45, 2.75) is 38.9 Å². The van der Waals surface area contributed by atoms with Gasteiger partial charge in [0, 0.05) is 6.04 Å². The highest BCUT2D eigenvalue weighted by Crippen LogP contribution is 2.32. The van der Waals surface area contributed by atoms with Gasteiger partial charge in [-0.3, -0.25) is 4.79 Å². The maximum atomic E-state index is 12.5. The molecule has 1 aliphatic rings. The molecule has 19 heavy (non-hydrogen) atoms. The van der Waals surface area contributed by atoms with Crippen molar-refractivity contribution >= 4 is 11.7 Å². The quantitative estimate of drug-likeness (QED) is 0.347. The highest BCUT2D eigenvalue weighted by molar-refractivity contribution is 6.02. The van der Waals surface area contributed by atoms with E-state index >= 15 is 0 Å². The first-order chi connectivity index (χ1) is 8.67. The SMILES string of the molecule is CC(C)C(C(=O)N(CC(F)(F)F)C1CC1)C(N)=NO. The second-order valence-corrected chi connectivity index (χ2v) is 5.06. The van der Waals surface area contributed by atoms with Crippen molar-refractivity contribution in [1.29, 1.82) is 0 Å². The second kappa shape index (κ2) is 5.66. The van der Waals surface area contributed by atoms with Gasteiger partial charge in [-0.15, -0.1) is 0 Å². The van der Waals surface area contributed by atoms with E-state index in [-0.39, 0.29) is 17.8 Å². The molecule has 1 saturated carbocycles. The zero-order valence-corrected chi connectivity index (χ0v) is 10.8. The molecule has 1 atom stereocenters. The van der Waals surface area contributed by atoms with Crippen LogP contribution in [0.4, 0.5) is 13.2 Å². The molecule has 1 rings (SSSR count). The molecule has 0 radical (unpaired) electrons. The molecule has 1 amide bonds. The van der Waals surface area contributed by atoms with Crippen LogP contribution < -0.4 is 5.73 Å². The minimum Gasteiger partial charge on any atom is -0.409 e. The smallest absolute Gasteiger partial charge is 0.406 e. The van der Waals surface area contributed by atoms with Crippen LogP contribution in [0, 0.1) is 11.8 Å². The molecule has 3 N–H and O–H groups in total. The summed E-state index contributed by atoms with van der Waals surface area (Å²) in [6.45, 7) is 1.98. The average molecular weight is 281 g/mol. The highest BCUT2D eigenvalue weighted by atomic mass is 19.4. The highest BCUT2D eigenvalue weighted by Gasteiger charge is 2.43. The molecule has 0 bridgehead atoms. The number of halogens is 3.